The molecule has 3 aromatic rings. The summed E-state index contributed by atoms with van der Waals surface area (Å²) in [5.74, 6) is -1.46. The molecule has 0 saturated heterocycles. The van der Waals surface area contributed by atoms with Gasteiger partial charge in [-0.05, 0) is 23.8 Å². The Kier molecular flexibility index (Phi) is 4.51. The van der Waals surface area contributed by atoms with Crippen LogP contribution in [-0.2, 0) is 4.79 Å². The van der Waals surface area contributed by atoms with Gasteiger partial charge in [-0.2, -0.15) is 0 Å². The Hall–Kier alpha value is -3.52. The van der Waals surface area contributed by atoms with Gasteiger partial charge in [0.05, 0.1) is 11.3 Å². The number of carboxylic acid groups (broad SMARTS) is 1. The van der Waals surface area contributed by atoms with Crippen molar-refractivity contribution in [2.45, 2.75) is 12.5 Å². The zero-order valence-electron chi connectivity index (χ0n) is 13.4. The molecule has 0 spiro atoms. The lowest BCUT2D eigenvalue weighted by Gasteiger charge is -2.08. The van der Waals surface area contributed by atoms with Crippen molar-refractivity contribution in [3.8, 4) is 0 Å². The number of carboxylic acids is 1. The number of nitro benzene ring substituents is 1. The molecule has 0 radical (unpaired) electrons. The van der Waals surface area contributed by atoms with Crippen molar-refractivity contribution in [2.24, 2.45) is 5.73 Å². The van der Waals surface area contributed by atoms with E-state index in [1.165, 1.54) is 30.3 Å². The molecule has 0 aliphatic carbocycles. The first-order chi connectivity index (χ1) is 12.3. The molecule has 26 heavy (non-hydrogen) atoms. The Bertz CT molecular complexity index is 1020. The molecule has 0 aliphatic heterocycles. The maximum absolute atomic E-state index is 12.5. The summed E-state index contributed by atoms with van der Waals surface area (Å²) in [4.78, 5) is 33.6. The van der Waals surface area contributed by atoms with Gasteiger partial charge in [-0.3, -0.25) is 19.7 Å². The van der Waals surface area contributed by atoms with Gasteiger partial charge < -0.3 is 15.3 Å². The highest BCUT2D eigenvalue weighted by molar-refractivity contribution is 6.09. The van der Waals surface area contributed by atoms with Gasteiger partial charge >= 0.3 is 5.97 Å². The summed E-state index contributed by atoms with van der Waals surface area (Å²) in [7, 11) is 0. The van der Waals surface area contributed by atoms with Crippen LogP contribution >= 0.6 is 0 Å². The Labute approximate surface area is 147 Å². The van der Waals surface area contributed by atoms with E-state index in [4.69, 9.17) is 15.3 Å². The molecule has 0 aliphatic rings. The summed E-state index contributed by atoms with van der Waals surface area (Å²) < 4.78 is 5.52. The second-order valence-electron chi connectivity index (χ2n) is 5.75. The third-order valence-electron chi connectivity index (χ3n) is 3.91. The van der Waals surface area contributed by atoms with Crippen LogP contribution in [0.15, 0.2) is 52.9 Å². The number of fused-ring (bicyclic) bond motifs is 1. The molecule has 0 fully saturated rings. The zero-order valence-corrected chi connectivity index (χ0v) is 13.4. The molecule has 8 nitrogen and oxygen atoms in total. The van der Waals surface area contributed by atoms with Crippen molar-refractivity contribution >= 4 is 28.4 Å². The van der Waals surface area contributed by atoms with Gasteiger partial charge in [-0.1, -0.05) is 18.2 Å². The second-order valence-corrected chi connectivity index (χ2v) is 5.75. The Balaban J connectivity index is 1.93. The third-order valence-corrected chi connectivity index (χ3v) is 3.91. The first kappa shape index (κ1) is 17.3. The van der Waals surface area contributed by atoms with Crippen molar-refractivity contribution < 1.29 is 24.0 Å². The fraction of sp³-hybridized carbons (Fsp3) is 0.111. The largest absolute Gasteiger partial charge is 0.481 e. The number of hydrogen-bond acceptors (Lipinski definition) is 6. The van der Waals surface area contributed by atoms with Gasteiger partial charge in [-0.15, -0.1) is 0 Å². The van der Waals surface area contributed by atoms with Gasteiger partial charge in [0.2, 0.25) is 5.78 Å². The quantitative estimate of drug-likeness (QED) is 0.394. The molecule has 132 valence electrons. The molecule has 8 heteroatoms. The lowest BCUT2D eigenvalue weighted by Crippen LogP contribution is -2.14. The predicted molar refractivity (Wildman–Crippen MR) is 91.9 cm³/mol. The van der Waals surface area contributed by atoms with Crippen LogP contribution < -0.4 is 5.73 Å². The highest BCUT2D eigenvalue weighted by Gasteiger charge is 2.18. The number of ketones is 1. The summed E-state index contributed by atoms with van der Waals surface area (Å²) >= 11 is 0. The minimum Gasteiger partial charge on any atom is -0.481 e. The summed E-state index contributed by atoms with van der Waals surface area (Å²) in [6.07, 6.45) is -0.219. The Morgan fingerprint density at radius 1 is 1.19 bits per heavy atom. The molecule has 0 saturated carbocycles. The van der Waals surface area contributed by atoms with Gasteiger partial charge in [0.1, 0.15) is 5.58 Å². The number of nitrogens with zero attached hydrogens (tertiary/aromatic N) is 1. The first-order valence-electron chi connectivity index (χ1n) is 7.65. The molecule has 1 unspecified atom stereocenters. The fourth-order valence-corrected chi connectivity index (χ4v) is 2.61. The molecule has 0 bridgehead atoms. The number of non-ortho nitro benzene ring substituents is 1. The van der Waals surface area contributed by atoms with Gasteiger partial charge in [0.25, 0.3) is 5.69 Å². The normalized spacial score (nSPS) is 12.0. The van der Waals surface area contributed by atoms with E-state index in [0.29, 0.717) is 16.5 Å². The summed E-state index contributed by atoms with van der Waals surface area (Å²) in [6, 6.07) is 11.1. The van der Waals surface area contributed by atoms with E-state index in [1.54, 1.807) is 18.2 Å². The van der Waals surface area contributed by atoms with E-state index in [9.17, 15) is 19.7 Å². The van der Waals surface area contributed by atoms with Crippen molar-refractivity contribution in [3.63, 3.8) is 0 Å². The second kappa shape index (κ2) is 6.77. The summed E-state index contributed by atoms with van der Waals surface area (Å²) in [5.41, 5.74) is 6.84. The summed E-state index contributed by atoms with van der Waals surface area (Å²) in [6.45, 7) is 0. The maximum atomic E-state index is 12.5. The number of furan rings is 1. The molecule has 1 atom stereocenters. The SMILES string of the molecule is NC(CC(=O)O)c1ccc2oc(C(=O)c3cccc([N+](=O)[O-])c3)cc2c1. The van der Waals surface area contributed by atoms with E-state index in [1.807, 2.05) is 0 Å². The zero-order chi connectivity index (χ0) is 18.8. The molecule has 1 aromatic heterocycles. The van der Waals surface area contributed by atoms with Crippen LogP contribution in [0.1, 0.15) is 34.1 Å². The average Bonchev–Trinajstić information content (AvgIpc) is 3.03. The average molecular weight is 354 g/mol. The Morgan fingerprint density at radius 2 is 1.96 bits per heavy atom. The van der Waals surface area contributed by atoms with Crippen LogP contribution in [0.5, 0.6) is 0 Å². The van der Waals surface area contributed by atoms with E-state index >= 15 is 0 Å². The monoisotopic (exact) mass is 354 g/mol. The number of nitro groups is 1. The fourth-order valence-electron chi connectivity index (χ4n) is 2.61. The standard InChI is InChI=1S/C18H14N2O6/c19-14(9-17(21)22)10-4-5-15-12(6-10)8-16(26-15)18(23)11-2-1-3-13(7-11)20(24)25/h1-8,14H,9,19H2,(H,21,22). The molecule has 3 rings (SSSR count). The van der Waals surface area contributed by atoms with Crippen molar-refractivity contribution in [3.05, 3.63) is 75.5 Å². The maximum Gasteiger partial charge on any atom is 0.305 e. The number of carbonyl (C=O) groups excluding carboxylic acids is 1. The topological polar surface area (TPSA) is 137 Å². The first-order valence-corrected chi connectivity index (χ1v) is 7.65. The van der Waals surface area contributed by atoms with Crippen LogP contribution in [-0.4, -0.2) is 21.8 Å². The van der Waals surface area contributed by atoms with E-state index in [-0.39, 0.29) is 23.4 Å². The van der Waals surface area contributed by atoms with Crippen molar-refractivity contribution in [2.75, 3.05) is 0 Å². The van der Waals surface area contributed by atoms with Crippen LogP contribution in [0.2, 0.25) is 0 Å². The predicted octanol–water partition coefficient (Wildman–Crippen LogP) is 3.05. The van der Waals surface area contributed by atoms with Gasteiger partial charge in [0, 0.05) is 29.1 Å². The minimum atomic E-state index is -1.01. The van der Waals surface area contributed by atoms with Gasteiger partial charge in [-0.25, -0.2) is 0 Å². The summed E-state index contributed by atoms with van der Waals surface area (Å²) in [5, 5.41) is 20.3. The highest BCUT2D eigenvalue weighted by Crippen LogP contribution is 2.26. The lowest BCUT2D eigenvalue weighted by atomic mass is 10.0. The van der Waals surface area contributed by atoms with Crippen LogP contribution in [0, 0.1) is 10.1 Å². The minimum absolute atomic E-state index is 0.0319. The van der Waals surface area contributed by atoms with E-state index in [0.717, 1.165) is 0 Å². The highest BCUT2D eigenvalue weighted by atomic mass is 16.6. The third kappa shape index (κ3) is 3.45. The van der Waals surface area contributed by atoms with E-state index in [2.05, 4.69) is 0 Å². The molecule has 1 heterocycles. The van der Waals surface area contributed by atoms with Crippen molar-refractivity contribution in [1.29, 1.82) is 0 Å². The van der Waals surface area contributed by atoms with E-state index < -0.39 is 22.7 Å². The smallest absolute Gasteiger partial charge is 0.305 e. The molecular formula is C18H14N2O6. The lowest BCUT2D eigenvalue weighted by molar-refractivity contribution is -0.384. The van der Waals surface area contributed by atoms with Crippen LogP contribution in [0.25, 0.3) is 11.0 Å². The molecule has 2 aromatic carbocycles. The number of carbonyl (C=O) groups is 2. The van der Waals surface area contributed by atoms with Gasteiger partial charge in [0.15, 0.2) is 5.76 Å². The van der Waals surface area contributed by atoms with Crippen LogP contribution in [0.3, 0.4) is 0 Å². The molecule has 3 N–H and O–H groups in total. The number of aliphatic carboxylic acids is 1. The number of benzene rings is 2. The molecular weight excluding hydrogens is 340 g/mol. The molecule has 0 amide bonds. The van der Waals surface area contributed by atoms with Crippen molar-refractivity contribution in [1.82, 2.24) is 0 Å². The number of nitrogens with two attached hydrogens (primary N) is 1. The van der Waals surface area contributed by atoms with Crippen LogP contribution in [0.4, 0.5) is 5.69 Å². The number of rotatable bonds is 6. The Morgan fingerprint density at radius 3 is 2.65 bits per heavy atom. The number of hydrogen-bond donors (Lipinski definition) is 2.